The number of rotatable bonds is 9. The van der Waals surface area contributed by atoms with Gasteiger partial charge in [0, 0.05) is 25.6 Å². The van der Waals surface area contributed by atoms with Crippen LogP contribution in [0, 0.1) is 0 Å². The molecule has 5 heteroatoms. The van der Waals surface area contributed by atoms with Gasteiger partial charge in [0.25, 0.3) is 0 Å². The summed E-state index contributed by atoms with van der Waals surface area (Å²) in [5, 5.41) is 0. The Kier molecular flexibility index (Phi) is 9.13. The molecule has 22 heavy (non-hydrogen) atoms. The number of piperidine rings is 1. The molecule has 0 amide bonds. The minimum Gasteiger partial charge on any atom is -0.469 e. The van der Waals surface area contributed by atoms with E-state index < -0.39 is 0 Å². The highest BCUT2D eigenvalue weighted by molar-refractivity contribution is 5.70. The van der Waals surface area contributed by atoms with Crippen LogP contribution in [-0.2, 0) is 19.1 Å². The first-order valence-electron chi connectivity index (χ1n) is 8.54. The largest absolute Gasteiger partial charge is 0.469 e. The number of hydrogen-bond donors (Lipinski definition) is 0. The Hall–Kier alpha value is -1.10. The summed E-state index contributed by atoms with van der Waals surface area (Å²) in [6.07, 6.45) is 8.60. The van der Waals surface area contributed by atoms with Crippen molar-refractivity contribution in [3.63, 3.8) is 0 Å². The van der Waals surface area contributed by atoms with Crippen LogP contribution in [0.15, 0.2) is 0 Å². The Balaban J connectivity index is 2.61. The van der Waals surface area contributed by atoms with E-state index in [4.69, 9.17) is 9.47 Å². The monoisotopic (exact) mass is 313 g/mol. The maximum atomic E-state index is 11.6. The van der Waals surface area contributed by atoms with Crippen LogP contribution in [0.25, 0.3) is 0 Å². The van der Waals surface area contributed by atoms with Crippen molar-refractivity contribution in [2.24, 2.45) is 0 Å². The van der Waals surface area contributed by atoms with E-state index in [2.05, 4.69) is 11.8 Å². The van der Waals surface area contributed by atoms with Crippen molar-refractivity contribution in [3.05, 3.63) is 0 Å². The van der Waals surface area contributed by atoms with Crippen molar-refractivity contribution in [1.82, 2.24) is 4.90 Å². The third-order valence-electron chi connectivity index (χ3n) is 4.44. The van der Waals surface area contributed by atoms with Crippen molar-refractivity contribution in [3.8, 4) is 0 Å². The quantitative estimate of drug-likeness (QED) is 0.484. The number of unbranched alkanes of at least 4 members (excludes halogenated alkanes) is 2. The fourth-order valence-corrected chi connectivity index (χ4v) is 3.31. The molecule has 1 aliphatic rings. The van der Waals surface area contributed by atoms with Gasteiger partial charge in [-0.15, -0.1) is 0 Å². The Bertz CT molecular complexity index is 346. The standard InChI is InChI=1S/C17H31NO4/c1-4-5-6-8-15-9-7-10-16(13-17(20)21-3)18(15)11-12-22-14(2)19/h15-16H,4-13H2,1-3H3/t15-,16-/m0/s1. The molecule has 0 aromatic carbocycles. The first kappa shape index (κ1) is 18.9. The number of hydrogen-bond acceptors (Lipinski definition) is 5. The molecule has 0 unspecified atom stereocenters. The van der Waals surface area contributed by atoms with Crippen molar-refractivity contribution in [2.45, 2.75) is 77.3 Å². The van der Waals surface area contributed by atoms with E-state index >= 15 is 0 Å². The van der Waals surface area contributed by atoms with Crippen LogP contribution in [0.2, 0.25) is 0 Å². The highest BCUT2D eigenvalue weighted by Gasteiger charge is 2.31. The van der Waals surface area contributed by atoms with Crippen LogP contribution < -0.4 is 0 Å². The molecule has 1 heterocycles. The van der Waals surface area contributed by atoms with Gasteiger partial charge >= 0.3 is 11.9 Å². The van der Waals surface area contributed by atoms with Gasteiger partial charge in [-0.2, -0.15) is 0 Å². The number of carbonyl (C=O) groups excluding carboxylic acids is 2. The molecule has 2 atom stereocenters. The number of methoxy groups -OCH3 is 1. The SMILES string of the molecule is CCCCC[C@H]1CCC[C@@H](CC(=O)OC)N1CCOC(C)=O. The van der Waals surface area contributed by atoms with E-state index in [1.807, 2.05) is 0 Å². The summed E-state index contributed by atoms with van der Waals surface area (Å²) in [4.78, 5) is 25.0. The third kappa shape index (κ3) is 6.77. The summed E-state index contributed by atoms with van der Waals surface area (Å²) in [6.45, 7) is 4.75. The average Bonchev–Trinajstić information content (AvgIpc) is 2.49. The van der Waals surface area contributed by atoms with Crippen molar-refractivity contribution >= 4 is 11.9 Å². The molecule has 0 aromatic rings. The first-order chi connectivity index (χ1) is 10.6. The zero-order valence-electron chi connectivity index (χ0n) is 14.3. The predicted octanol–water partition coefficient (Wildman–Crippen LogP) is 2.92. The fourth-order valence-electron chi connectivity index (χ4n) is 3.31. The van der Waals surface area contributed by atoms with E-state index in [1.165, 1.54) is 39.7 Å². The smallest absolute Gasteiger partial charge is 0.307 e. The van der Waals surface area contributed by atoms with E-state index in [0.717, 1.165) is 19.3 Å². The Morgan fingerprint density at radius 1 is 1.18 bits per heavy atom. The second-order valence-corrected chi connectivity index (χ2v) is 6.09. The molecule has 0 bridgehead atoms. The second kappa shape index (κ2) is 10.6. The fraction of sp³-hybridized carbons (Fsp3) is 0.882. The van der Waals surface area contributed by atoms with Crippen molar-refractivity contribution < 1.29 is 19.1 Å². The lowest BCUT2D eigenvalue weighted by atomic mass is 9.90. The molecular formula is C17H31NO4. The molecule has 1 aliphatic heterocycles. The van der Waals surface area contributed by atoms with Crippen LogP contribution in [0.5, 0.6) is 0 Å². The van der Waals surface area contributed by atoms with Crippen LogP contribution in [0.3, 0.4) is 0 Å². The molecule has 0 aliphatic carbocycles. The summed E-state index contributed by atoms with van der Waals surface area (Å²) in [5.74, 6) is -0.402. The number of nitrogens with zero attached hydrogens (tertiary/aromatic N) is 1. The molecule has 0 aromatic heterocycles. The molecule has 1 saturated heterocycles. The molecule has 0 spiro atoms. The lowest BCUT2D eigenvalue weighted by molar-refractivity contribution is -0.145. The Labute approximate surface area is 134 Å². The summed E-state index contributed by atoms with van der Waals surface area (Å²) in [5.41, 5.74) is 0. The summed E-state index contributed by atoms with van der Waals surface area (Å²) < 4.78 is 9.93. The molecule has 1 fully saturated rings. The van der Waals surface area contributed by atoms with Crippen molar-refractivity contribution in [1.29, 1.82) is 0 Å². The van der Waals surface area contributed by atoms with E-state index in [9.17, 15) is 9.59 Å². The maximum absolute atomic E-state index is 11.6. The van der Waals surface area contributed by atoms with Crippen molar-refractivity contribution in [2.75, 3.05) is 20.3 Å². The highest BCUT2D eigenvalue weighted by Crippen LogP contribution is 2.28. The average molecular weight is 313 g/mol. The minimum atomic E-state index is -0.246. The topological polar surface area (TPSA) is 55.8 Å². The van der Waals surface area contributed by atoms with Gasteiger partial charge in [0.2, 0.25) is 0 Å². The van der Waals surface area contributed by atoms with Gasteiger partial charge in [0.15, 0.2) is 0 Å². The number of esters is 2. The number of ether oxygens (including phenoxy) is 2. The molecule has 0 radical (unpaired) electrons. The van der Waals surface area contributed by atoms with Gasteiger partial charge < -0.3 is 9.47 Å². The van der Waals surface area contributed by atoms with Gasteiger partial charge in [-0.1, -0.05) is 32.6 Å². The highest BCUT2D eigenvalue weighted by atomic mass is 16.5. The van der Waals surface area contributed by atoms with Gasteiger partial charge in [0.1, 0.15) is 6.61 Å². The van der Waals surface area contributed by atoms with Crippen LogP contribution >= 0.6 is 0 Å². The Morgan fingerprint density at radius 3 is 2.55 bits per heavy atom. The van der Waals surface area contributed by atoms with Crippen LogP contribution in [0.1, 0.15) is 65.2 Å². The number of likely N-dealkylation sites (tertiary alicyclic amines) is 1. The number of carbonyl (C=O) groups is 2. The molecule has 0 N–H and O–H groups in total. The normalized spacial score (nSPS) is 22.3. The zero-order chi connectivity index (χ0) is 16.4. The second-order valence-electron chi connectivity index (χ2n) is 6.09. The van der Waals surface area contributed by atoms with E-state index in [0.29, 0.717) is 25.6 Å². The molecular weight excluding hydrogens is 282 g/mol. The molecule has 1 rings (SSSR count). The molecule has 128 valence electrons. The third-order valence-corrected chi connectivity index (χ3v) is 4.44. The van der Waals surface area contributed by atoms with E-state index in [1.54, 1.807) is 0 Å². The summed E-state index contributed by atoms with van der Waals surface area (Å²) in [7, 11) is 1.44. The summed E-state index contributed by atoms with van der Waals surface area (Å²) >= 11 is 0. The first-order valence-corrected chi connectivity index (χ1v) is 8.54. The Morgan fingerprint density at radius 2 is 1.91 bits per heavy atom. The maximum Gasteiger partial charge on any atom is 0.307 e. The van der Waals surface area contributed by atoms with Gasteiger partial charge in [-0.3, -0.25) is 14.5 Å². The van der Waals surface area contributed by atoms with Gasteiger partial charge in [0.05, 0.1) is 13.5 Å². The lowest BCUT2D eigenvalue weighted by Crippen LogP contribution is -2.49. The molecule has 5 nitrogen and oxygen atoms in total. The van der Waals surface area contributed by atoms with Gasteiger partial charge in [-0.25, -0.2) is 0 Å². The summed E-state index contributed by atoms with van der Waals surface area (Å²) in [6, 6.07) is 0.703. The van der Waals surface area contributed by atoms with E-state index in [-0.39, 0.29) is 18.0 Å². The minimum absolute atomic E-state index is 0.156. The zero-order valence-corrected chi connectivity index (χ0v) is 14.3. The van der Waals surface area contributed by atoms with Gasteiger partial charge in [-0.05, 0) is 19.3 Å². The predicted molar refractivity (Wildman–Crippen MR) is 85.5 cm³/mol. The molecule has 0 saturated carbocycles. The lowest BCUT2D eigenvalue weighted by Gasteiger charge is -2.42. The van der Waals surface area contributed by atoms with Crippen LogP contribution in [0.4, 0.5) is 0 Å². The van der Waals surface area contributed by atoms with Crippen LogP contribution in [-0.4, -0.2) is 49.2 Å².